The zero-order valence-electron chi connectivity index (χ0n) is 13.5. The van der Waals surface area contributed by atoms with Crippen molar-refractivity contribution in [2.45, 2.75) is 0 Å². The van der Waals surface area contributed by atoms with Crippen molar-refractivity contribution in [3.05, 3.63) is 28.3 Å². The van der Waals surface area contributed by atoms with Crippen LogP contribution in [0.1, 0.15) is 0 Å². The molecule has 0 atom stereocenters. The molecule has 138 valence electrons. The topological polar surface area (TPSA) is 148 Å². The van der Waals surface area contributed by atoms with E-state index >= 15 is 0 Å². The Morgan fingerprint density at radius 3 is 2.65 bits per heavy atom. The summed E-state index contributed by atoms with van der Waals surface area (Å²) in [6, 6.07) is 3.50. The summed E-state index contributed by atoms with van der Waals surface area (Å²) in [5.41, 5.74) is -0.151. The summed E-state index contributed by atoms with van der Waals surface area (Å²) in [5, 5.41) is 14.9. The summed E-state index contributed by atoms with van der Waals surface area (Å²) >= 11 is 0.871. The molecule has 2 N–H and O–H groups in total. The molecule has 0 radical (unpaired) electrons. The molecule has 4 amide bonds. The van der Waals surface area contributed by atoms with Gasteiger partial charge in [-0.15, -0.1) is 0 Å². The van der Waals surface area contributed by atoms with Crippen LogP contribution in [0.5, 0.6) is 5.75 Å². The number of hydrogen-bond donors (Lipinski definition) is 2. The summed E-state index contributed by atoms with van der Waals surface area (Å²) in [7, 11) is 1.26. The maximum absolute atomic E-state index is 11.9. The Morgan fingerprint density at radius 2 is 2.08 bits per heavy atom. The predicted molar refractivity (Wildman–Crippen MR) is 90.9 cm³/mol. The summed E-state index contributed by atoms with van der Waals surface area (Å²) in [4.78, 5) is 57.6. The highest BCUT2D eigenvalue weighted by Gasteiger charge is 2.29. The van der Waals surface area contributed by atoms with Gasteiger partial charge in [-0.25, -0.2) is 0 Å². The highest BCUT2D eigenvalue weighted by Crippen LogP contribution is 2.28. The Hall–Kier alpha value is -3.15. The minimum atomic E-state index is -1.02. The first kappa shape index (κ1) is 19.2. The number of nitrogens with one attached hydrogen (secondary N) is 2. The number of ether oxygens (including phenoxy) is 1. The van der Waals surface area contributed by atoms with Gasteiger partial charge in [-0.2, -0.15) is 0 Å². The Morgan fingerprint density at radius 1 is 1.35 bits per heavy atom. The van der Waals surface area contributed by atoms with E-state index in [1.165, 1.54) is 13.2 Å². The second-order valence-corrected chi connectivity index (χ2v) is 5.88. The number of rotatable bonds is 6. The van der Waals surface area contributed by atoms with E-state index in [0.29, 0.717) is 0 Å². The number of nitro benzene ring substituents is 1. The van der Waals surface area contributed by atoms with Crippen LogP contribution in [0.3, 0.4) is 0 Å². The molecule has 0 aliphatic carbocycles. The lowest BCUT2D eigenvalue weighted by molar-refractivity contribution is -0.384. The van der Waals surface area contributed by atoms with Gasteiger partial charge in [0, 0.05) is 19.2 Å². The van der Waals surface area contributed by atoms with Gasteiger partial charge in [0.05, 0.1) is 29.5 Å². The third-order valence-electron chi connectivity index (χ3n) is 3.31. The fourth-order valence-electron chi connectivity index (χ4n) is 2.03. The number of nitro groups is 1. The first-order valence-corrected chi connectivity index (χ1v) is 8.20. The molecule has 1 aliphatic heterocycles. The molecule has 1 aromatic rings. The van der Waals surface area contributed by atoms with Crippen molar-refractivity contribution >= 4 is 46.1 Å². The zero-order valence-corrected chi connectivity index (χ0v) is 14.3. The molecule has 0 saturated carbocycles. The van der Waals surface area contributed by atoms with Gasteiger partial charge < -0.3 is 15.4 Å². The first-order valence-electron chi connectivity index (χ1n) is 7.22. The molecule has 0 spiro atoms. The zero-order chi connectivity index (χ0) is 19.3. The number of hydrogen-bond acceptors (Lipinski definition) is 8. The van der Waals surface area contributed by atoms with Crippen LogP contribution in [0.25, 0.3) is 0 Å². The van der Waals surface area contributed by atoms with Crippen molar-refractivity contribution in [2.75, 3.05) is 31.3 Å². The summed E-state index contributed by atoms with van der Waals surface area (Å²) in [5.74, 6) is -2.28. The normalized spacial score (nSPS) is 13.5. The maximum Gasteiger partial charge on any atom is 0.313 e. The van der Waals surface area contributed by atoms with Crippen molar-refractivity contribution in [1.82, 2.24) is 10.2 Å². The molecule has 26 heavy (non-hydrogen) atoms. The molecule has 0 unspecified atom stereocenters. The van der Waals surface area contributed by atoms with Crippen molar-refractivity contribution in [3.63, 3.8) is 0 Å². The van der Waals surface area contributed by atoms with E-state index in [9.17, 15) is 29.3 Å². The van der Waals surface area contributed by atoms with Crippen molar-refractivity contribution in [2.24, 2.45) is 0 Å². The molecule has 1 aromatic carbocycles. The van der Waals surface area contributed by atoms with Crippen LogP contribution in [-0.2, 0) is 14.4 Å². The second kappa shape index (κ2) is 8.29. The molecule has 1 fully saturated rings. The number of nitrogens with zero attached hydrogens (tertiary/aromatic N) is 2. The SMILES string of the molecule is COc1cc([N+](=O)[O-])ccc1NC(=O)C(=O)NCCN1C(=O)CSC1=O. The van der Waals surface area contributed by atoms with Gasteiger partial charge in [-0.3, -0.25) is 34.2 Å². The van der Waals surface area contributed by atoms with Gasteiger partial charge in [0.25, 0.3) is 10.9 Å². The molecule has 1 aliphatic rings. The number of non-ortho nitro benzene ring substituents is 1. The van der Waals surface area contributed by atoms with Crippen LogP contribution < -0.4 is 15.4 Å². The molecular weight excluding hydrogens is 368 g/mol. The van der Waals surface area contributed by atoms with E-state index in [1.54, 1.807) is 0 Å². The third-order valence-corrected chi connectivity index (χ3v) is 4.17. The summed E-state index contributed by atoms with van der Waals surface area (Å²) < 4.78 is 4.95. The second-order valence-electron chi connectivity index (χ2n) is 4.95. The number of carbonyl (C=O) groups is 4. The van der Waals surface area contributed by atoms with Gasteiger partial charge >= 0.3 is 11.8 Å². The fourth-order valence-corrected chi connectivity index (χ4v) is 2.79. The van der Waals surface area contributed by atoms with E-state index in [-0.39, 0.29) is 41.9 Å². The molecule has 2 rings (SSSR count). The minimum absolute atomic E-state index is 0.0191. The van der Waals surface area contributed by atoms with Crippen molar-refractivity contribution in [3.8, 4) is 5.75 Å². The Bertz CT molecular complexity index is 767. The van der Waals surface area contributed by atoms with Gasteiger partial charge in [-0.05, 0) is 6.07 Å². The highest BCUT2D eigenvalue weighted by atomic mass is 32.2. The van der Waals surface area contributed by atoms with E-state index in [2.05, 4.69) is 10.6 Å². The third kappa shape index (κ3) is 4.47. The molecule has 0 aromatic heterocycles. The lowest BCUT2D eigenvalue weighted by atomic mass is 10.2. The van der Waals surface area contributed by atoms with E-state index in [1.807, 2.05) is 0 Å². The molecular formula is C14H14N4O7S. The minimum Gasteiger partial charge on any atom is -0.494 e. The van der Waals surface area contributed by atoms with Crippen LogP contribution in [0.2, 0.25) is 0 Å². The van der Waals surface area contributed by atoms with Gasteiger partial charge in [-0.1, -0.05) is 11.8 Å². The quantitative estimate of drug-likeness (QED) is 0.407. The first-order chi connectivity index (χ1) is 12.3. The number of anilines is 1. The Kier molecular flexibility index (Phi) is 6.11. The fraction of sp³-hybridized carbons (Fsp3) is 0.286. The van der Waals surface area contributed by atoms with Crippen LogP contribution in [0.4, 0.5) is 16.2 Å². The standard InChI is InChI=1S/C14H14N4O7S/c1-25-10-6-8(18(23)24)2-3-9(10)16-13(21)12(20)15-4-5-17-11(19)7-26-14(17)22/h2-3,6H,4-5,7H2,1H3,(H,15,20)(H,16,21). The Balaban J connectivity index is 1.90. The van der Waals surface area contributed by atoms with E-state index < -0.39 is 22.0 Å². The van der Waals surface area contributed by atoms with Crippen molar-refractivity contribution in [1.29, 1.82) is 0 Å². The number of imide groups is 1. The van der Waals surface area contributed by atoms with E-state index in [0.717, 1.165) is 28.8 Å². The van der Waals surface area contributed by atoms with Crippen LogP contribution in [0, 0.1) is 10.1 Å². The summed E-state index contributed by atoms with van der Waals surface area (Å²) in [6.07, 6.45) is 0. The van der Waals surface area contributed by atoms with Crippen LogP contribution >= 0.6 is 11.8 Å². The number of thioether (sulfide) groups is 1. The number of methoxy groups -OCH3 is 1. The monoisotopic (exact) mass is 382 g/mol. The van der Waals surface area contributed by atoms with Gasteiger partial charge in [0.1, 0.15) is 5.75 Å². The predicted octanol–water partition coefficient (Wildman–Crippen LogP) is 0.353. The number of amides is 4. The number of benzene rings is 1. The van der Waals surface area contributed by atoms with Gasteiger partial charge in [0.2, 0.25) is 5.91 Å². The van der Waals surface area contributed by atoms with Crippen LogP contribution in [0.15, 0.2) is 18.2 Å². The molecule has 12 heteroatoms. The lowest BCUT2D eigenvalue weighted by Crippen LogP contribution is -2.41. The lowest BCUT2D eigenvalue weighted by Gasteiger charge is -2.13. The summed E-state index contributed by atoms with van der Waals surface area (Å²) in [6.45, 7) is -0.119. The van der Waals surface area contributed by atoms with Gasteiger partial charge in [0.15, 0.2) is 0 Å². The highest BCUT2D eigenvalue weighted by molar-refractivity contribution is 8.14. The van der Waals surface area contributed by atoms with E-state index in [4.69, 9.17) is 4.74 Å². The molecule has 0 bridgehead atoms. The average Bonchev–Trinajstić information content (AvgIpc) is 2.93. The van der Waals surface area contributed by atoms with Crippen molar-refractivity contribution < 1.29 is 28.8 Å². The smallest absolute Gasteiger partial charge is 0.313 e. The molecule has 11 nitrogen and oxygen atoms in total. The average molecular weight is 382 g/mol. The Labute approximate surface area is 151 Å². The largest absolute Gasteiger partial charge is 0.494 e. The number of carbonyl (C=O) groups excluding carboxylic acids is 4. The molecule has 1 heterocycles. The van der Waals surface area contributed by atoms with Crippen LogP contribution in [-0.4, -0.2) is 58.7 Å². The maximum atomic E-state index is 11.9. The molecule has 1 saturated heterocycles.